The average molecular weight is 324 g/mol. The maximum Gasteiger partial charge on any atom is 0.228 e. The van der Waals surface area contributed by atoms with Crippen LogP contribution >= 0.6 is 23.2 Å². The minimum Gasteiger partial charge on any atom is -0.494 e. The molecule has 110 valence electrons. The molecular weight excluding hydrogens is 309 g/mol. The number of carbonyl (C=O) groups is 1. The van der Waals surface area contributed by atoms with Crippen LogP contribution < -0.4 is 10.1 Å². The van der Waals surface area contributed by atoms with Gasteiger partial charge in [-0.3, -0.25) is 4.79 Å². The van der Waals surface area contributed by atoms with Crippen LogP contribution in [0.25, 0.3) is 0 Å². The molecule has 0 aliphatic carbocycles. The number of carbonyl (C=O) groups excluding carboxylic acids is 1. The van der Waals surface area contributed by atoms with Crippen LogP contribution in [0.15, 0.2) is 42.5 Å². The van der Waals surface area contributed by atoms with Crippen LogP contribution in [0.2, 0.25) is 10.0 Å². The molecule has 0 aliphatic rings. The third-order valence-corrected chi connectivity index (χ3v) is 3.18. The van der Waals surface area contributed by atoms with Gasteiger partial charge in [0.05, 0.1) is 13.0 Å². The standard InChI is InChI=1S/C16H15Cl2NO2/c1-2-21-15-5-3-11(4-6-15)7-16(20)19-14-9-12(17)8-13(18)10-14/h3-6,8-10H,2,7H2,1H3,(H,19,20). The average Bonchev–Trinajstić information content (AvgIpc) is 2.40. The van der Waals surface area contributed by atoms with E-state index in [0.717, 1.165) is 11.3 Å². The number of benzene rings is 2. The fourth-order valence-electron chi connectivity index (χ4n) is 1.89. The third kappa shape index (κ3) is 4.96. The number of hydrogen-bond donors (Lipinski definition) is 1. The van der Waals surface area contributed by atoms with Crippen molar-refractivity contribution in [3.05, 3.63) is 58.1 Å². The smallest absolute Gasteiger partial charge is 0.228 e. The molecule has 2 aromatic rings. The molecule has 5 heteroatoms. The van der Waals surface area contributed by atoms with Crippen LogP contribution in [-0.2, 0) is 11.2 Å². The molecule has 1 amide bonds. The van der Waals surface area contributed by atoms with Gasteiger partial charge in [-0.15, -0.1) is 0 Å². The lowest BCUT2D eigenvalue weighted by Crippen LogP contribution is -2.14. The Hall–Kier alpha value is -1.71. The normalized spacial score (nSPS) is 10.2. The van der Waals surface area contributed by atoms with E-state index in [1.54, 1.807) is 18.2 Å². The second kappa shape index (κ2) is 7.34. The molecule has 21 heavy (non-hydrogen) atoms. The van der Waals surface area contributed by atoms with E-state index in [2.05, 4.69) is 5.32 Å². The Morgan fingerprint density at radius 3 is 2.29 bits per heavy atom. The van der Waals surface area contributed by atoms with Gasteiger partial charge >= 0.3 is 0 Å². The first-order chi connectivity index (χ1) is 10.1. The number of nitrogens with one attached hydrogen (secondary N) is 1. The zero-order valence-electron chi connectivity index (χ0n) is 11.5. The fraction of sp³-hybridized carbons (Fsp3) is 0.188. The molecular formula is C16H15Cl2NO2. The van der Waals surface area contributed by atoms with E-state index in [1.807, 2.05) is 31.2 Å². The number of halogens is 2. The summed E-state index contributed by atoms with van der Waals surface area (Å²) in [5, 5.41) is 3.74. The van der Waals surface area contributed by atoms with E-state index in [4.69, 9.17) is 27.9 Å². The lowest BCUT2D eigenvalue weighted by atomic mass is 10.1. The summed E-state index contributed by atoms with van der Waals surface area (Å²) >= 11 is 11.8. The SMILES string of the molecule is CCOc1ccc(CC(=O)Nc2cc(Cl)cc(Cl)c2)cc1. The minimum atomic E-state index is -0.127. The molecule has 0 heterocycles. The third-order valence-electron chi connectivity index (χ3n) is 2.75. The maximum absolute atomic E-state index is 12.0. The first-order valence-corrected chi connectivity index (χ1v) is 7.30. The summed E-state index contributed by atoms with van der Waals surface area (Å²) in [6.07, 6.45) is 0.274. The molecule has 0 aromatic heterocycles. The predicted molar refractivity (Wildman–Crippen MR) is 86.4 cm³/mol. The van der Waals surface area contributed by atoms with Gasteiger partial charge in [0.15, 0.2) is 0 Å². The van der Waals surface area contributed by atoms with Gasteiger partial charge in [0.25, 0.3) is 0 Å². The van der Waals surface area contributed by atoms with Crippen LogP contribution in [0, 0.1) is 0 Å². The zero-order valence-corrected chi connectivity index (χ0v) is 13.0. The number of anilines is 1. The van der Waals surface area contributed by atoms with Crippen molar-refractivity contribution in [3.63, 3.8) is 0 Å². The first kappa shape index (κ1) is 15.7. The van der Waals surface area contributed by atoms with E-state index in [9.17, 15) is 4.79 Å². The molecule has 0 fully saturated rings. The van der Waals surface area contributed by atoms with E-state index in [1.165, 1.54) is 0 Å². The molecule has 2 aromatic carbocycles. The van der Waals surface area contributed by atoms with Crippen LogP contribution in [0.4, 0.5) is 5.69 Å². The number of amides is 1. The summed E-state index contributed by atoms with van der Waals surface area (Å²) in [5.74, 6) is 0.667. The van der Waals surface area contributed by atoms with E-state index < -0.39 is 0 Å². The minimum absolute atomic E-state index is 0.127. The van der Waals surface area contributed by atoms with Crippen molar-refractivity contribution < 1.29 is 9.53 Å². The fourth-order valence-corrected chi connectivity index (χ4v) is 2.41. The molecule has 0 bridgehead atoms. The van der Waals surface area contributed by atoms with Gasteiger partial charge in [-0.05, 0) is 42.8 Å². The monoisotopic (exact) mass is 323 g/mol. The summed E-state index contributed by atoms with van der Waals surface area (Å²) in [4.78, 5) is 12.0. The zero-order chi connectivity index (χ0) is 15.2. The van der Waals surface area contributed by atoms with E-state index >= 15 is 0 Å². The van der Waals surface area contributed by atoms with Crippen LogP contribution in [0.3, 0.4) is 0 Å². The van der Waals surface area contributed by atoms with Gasteiger partial charge in [0.2, 0.25) is 5.91 Å². The molecule has 0 atom stereocenters. The summed E-state index contributed by atoms with van der Waals surface area (Å²) in [6.45, 7) is 2.55. The highest BCUT2D eigenvalue weighted by molar-refractivity contribution is 6.35. The molecule has 0 saturated carbocycles. The quantitative estimate of drug-likeness (QED) is 0.875. The molecule has 2 rings (SSSR count). The Bertz CT molecular complexity index is 606. The molecule has 0 radical (unpaired) electrons. The van der Waals surface area contributed by atoms with Crippen molar-refractivity contribution in [1.29, 1.82) is 0 Å². The van der Waals surface area contributed by atoms with Crippen LogP contribution in [-0.4, -0.2) is 12.5 Å². The molecule has 1 N–H and O–H groups in total. The molecule has 0 unspecified atom stereocenters. The Kier molecular flexibility index (Phi) is 5.48. The highest BCUT2D eigenvalue weighted by Gasteiger charge is 2.06. The Balaban J connectivity index is 1.97. The lowest BCUT2D eigenvalue weighted by molar-refractivity contribution is -0.115. The second-order valence-electron chi connectivity index (χ2n) is 4.46. The molecule has 0 saturated heterocycles. The van der Waals surface area contributed by atoms with Crippen molar-refractivity contribution in [2.24, 2.45) is 0 Å². The van der Waals surface area contributed by atoms with Crippen molar-refractivity contribution in [1.82, 2.24) is 0 Å². The van der Waals surface area contributed by atoms with E-state index in [0.29, 0.717) is 22.3 Å². The van der Waals surface area contributed by atoms with Crippen LogP contribution in [0.5, 0.6) is 5.75 Å². The Morgan fingerprint density at radius 2 is 1.71 bits per heavy atom. The summed E-state index contributed by atoms with van der Waals surface area (Å²) < 4.78 is 5.36. The Morgan fingerprint density at radius 1 is 1.10 bits per heavy atom. The van der Waals surface area contributed by atoms with Gasteiger partial charge in [0, 0.05) is 15.7 Å². The van der Waals surface area contributed by atoms with Gasteiger partial charge < -0.3 is 10.1 Å². The largest absolute Gasteiger partial charge is 0.494 e. The van der Waals surface area contributed by atoms with Gasteiger partial charge in [-0.2, -0.15) is 0 Å². The number of hydrogen-bond acceptors (Lipinski definition) is 2. The van der Waals surface area contributed by atoms with Gasteiger partial charge in [-0.25, -0.2) is 0 Å². The van der Waals surface area contributed by atoms with Crippen molar-refractivity contribution in [3.8, 4) is 5.75 Å². The number of ether oxygens (including phenoxy) is 1. The predicted octanol–water partition coefficient (Wildman–Crippen LogP) is 4.57. The van der Waals surface area contributed by atoms with Crippen molar-refractivity contribution in [2.45, 2.75) is 13.3 Å². The van der Waals surface area contributed by atoms with Gasteiger partial charge in [0.1, 0.15) is 5.75 Å². The first-order valence-electron chi connectivity index (χ1n) is 6.54. The second-order valence-corrected chi connectivity index (χ2v) is 5.33. The van der Waals surface area contributed by atoms with Crippen LogP contribution in [0.1, 0.15) is 12.5 Å². The topological polar surface area (TPSA) is 38.3 Å². The van der Waals surface area contributed by atoms with Gasteiger partial charge in [-0.1, -0.05) is 35.3 Å². The lowest BCUT2D eigenvalue weighted by Gasteiger charge is -2.07. The highest BCUT2D eigenvalue weighted by atomic mass is 35.5. The summed E-state index contributed by atoms with van der Waals surface area (Å²) in [6, 6.07) is 12.4. The van der Waals surface area contributed by atoms with Crippen molar-refractivity contribution >= 4 is 34.8 Å². The number of rotatable bonds is 5. The van der Waals surface area contributed by atoms with Crippen molar-refractivity contribution in [2.75, 3.05) is 11.9 Å². The maximum atomic E-state index is 12.0. The Labute approximate surface area is 133 Å². The molecule has 0 aliphatic heterocycles. The highest BCUT2D eigenvalue weighted by Crippen LogP contribution is 2.22. The summed E-state index contributed by atoms with van der Waals surface area (Å²) in [7, 11) is 0. The van der Waals surface area contributed by atoms with E-state index in [-0.39, 0.29) is 12.3 Å². The molecule has 0 spiro atoms. The summed E-state index contributed by atoms with van der Waals surface area (Å²) in [5.41, 5.74) is 1.49. The molecule has 3 nitrogen and oxygen atoms in total.